The minimum Gasteiger partial charge on any atom is -0.434 e. The molecule has 21 heavy (non-hydrogen) atoms. The lowest BCUT2D eigenvalue weighted by molar-refractivity contribution is -0.0503. The quantitative estimate of drug-likeness (QED) is 0.927. The third-order valence-electron chi connectivity index (χ3n) is 3.51. The summed E-state index contributed by atoms with van der Waals surface area (Å²) in [7, 11) is 1.71. The highest BCUT2D eigenvalue weighted by Crippen LogP contribution is 2.23. The van der Waals surface area contributed by atoms with Crippen molar-refractivity contribution in [3.63, 3.8) is 0 Å². The van der Waals surface area contributed by atoms with Gasteiger partial charge in [-0.15, -0.1) is 12.4 Å². The lowest BCUT2D eigenvalue weighted by Crippen LogP contribution is -2.44. The first-order valence-electron chi connectivity index (χ1n) is 6.61. The minimum atomic E-state index is -2.94. The summed E-state index contributed by atoms with van der Waals surface area (Å²) in [5.41, 5.74) is 0.175. The van der Waals surface area contributed by atoms with Gasteiger partial charge in [0, 0.05) is 13.1 Å². The maximum Gasteiger partial charge on any atom is 0.387 e. The Labute approximate surface area is 128 Å². The number of hydrogen-bond donors (Lipinski definition) is 1. The molecular formula is C14H19ClF2N2O2. The largest absolute Gasteiger partial charge is 0.434 e. The van der Waals surface area contributed by atoms with Gasteiger partial charge in [-0.2, -0.15) is 8.78 Å². The SMILES string of the molecule is CN(C(=O)c1ccccc1OC(F)F)C1CCNCC1.Cl. The Bertz CT molecular complexity index is 468. The number of para-hydroxylation sites is 1. The second-order valence-electron chi connectivity index (χ2n) is 4.77. The van der Waals surface area contributed by atoms with Crippen LogP contribution in [0.1, 0.15) is 23.2 Å². The van der Waals surface area contributed by atoms with E-state index in [1.807, 2.05) is 0 Å². The lowest BCUT2D eigenvalue weighted by atomic mass is 10.0. The van der Waals surface area contributed by atoms with E-state index in [0.29, 0.717) is 0 Å². The monoisotopic (exact) mass is 320 g/mol. The van der Waals surface area contributed by atoms with Gasteiger partial charge < -0.3 is 15.0 Å². The molecule has 1 aliphatic heterocycles. The summed E-state index contributed by atoms with van der Waals surface area (Å²) in [4.78, 5) is 14.0. The molecule has 0 unspecified atom stereocenters. The standard InChI is InChI=1S/C14H18F2N2O2.ClH/c1-18(10-6-8-17-9-7-10)13(19)11-4-2-3-5-12(11)20-14(15)16;/h2-5,10,14,17H,6-9H2,1H3;1H. The van der Waals surface area contributed by atoms with Crippen molar-refractivity contribution in [1.82, 2.24) is 10.2 Å². The van der Waals surface area contributed by atoms with E-state index in [2.05, 4.69) is 10.1 Å². The van der Waals surface area contributed by atoms with Gasteiger partial charge in [-0.05, 0) is 38.1 Å². The Kier molecular flexibility index (Phi) is 6.84. The maximum absolute atomic E-state index is 12.4. The topological polar surface area (TPSA) is 41.6 Å². The zero-order valence-corrected chi connectivity index (χ0v) is 12.5. The number of ether oxygens (including phenoxy) is 1. The third kappa shape index (κ3) is 4.54. The number of benzene rings is 1. The van der Waals surface area contributed by atoms with Crippen LogP contribution in [0.25, 0.3) is 0 Å². The van der Waals surface area contributed by atoms with E-state index in [1.165, 1.54) is 12.1 Å². The summed E-state index contributed by atoms with van der Waals surface area (Å²) in [5.74, 6) is -0.360. The van der Waals surface area contributed by atoms with Crippen LogP contribution in [0.3, 0.4) is 0 Å². The van der Waals surface area contributed by atoms with Crippen LogP contribution in [-0.4, -0.2) is 43.6 Å². The van der Waals surface area contributed by atoms with Gasteiger partial charge >= 0.3 is 6.61 Å². The highest BCUT2D eigenvalue weighted by molar-refractivity contribution is 5.97. The van der Waals surface area contributed by atoms with Crippen molar-refractivity contribution in [3.05, 3.63) is 29.8 Å². The first-order valence-corrected chi connectivity index (χ1v) is 6.61. The van der Waals surface area contributed by atoms with Crippen molar-refractivity contribution in [3.8, 4) is 5.75 Å². The summed E-state index contributed by atoms with van der Waals surface area (Å²) in [5, 5.41) is 3.22. The van der Waals surface area contributed by atoms with Crippen LogP contribution in [0.2, 0.25) is 0 Å². The Morgan fingerprint density at radius 1 is 1.33 bits per heavy atom. The van der Waals surface area contributed by atoms with Crippen LogP contribution >= 0.6 is 12.4 Å². The van der Waals surface area contributed by atoms with Gasteiger partial charge in [0.1, 0.15) is 5.75 Å². The molecule has 1 aromatic rings. The predicted molar refractivity (Wildman–Crippen MR) is 78.3 cm³/mol. The fourth-order valence-corrected chi connectivity index (χ4v) is 2.39. The molecule has 0 aromatic heterocycles. The predicted octanol–water partition coefficient (Wildman–Crippen LogP) is 2.53. The second-order valence-corrected chi connectivity index (χ2v) is 4.77. The van der Waals surface area contributed by atoms with Crippen LogP contribution in [0.15, 0.2) is 24.3 Å². The number of carbonyl (C=O) groups is 1. The maximum atomic E-state index is 12.4. The van der Waals surface area contributed by atoms with Crippen LogP contribution in [0.4, 0.5) is 8.78 Å². The molecule has 0 aliphatic carbocycles. The van der Waals surface area contributed by atoms with Crippen molar-refractivity contribution < 1.29 is 18.3 Å². The van der Waals surface area contributed by atoms with Crippen LogP contribution in [0, 0.1) is 0 Å². The Balaban J connectivity index is 0.00000220. The Hall–Kier alpha value is -1.40. The van der Waals surface area contributed by atoms with Gasteiger partial charge in [-0.25, -0.2) is 0 Å². The number of nitrogens with zero attached hydrogens (tertiary/aromatic N) is 1. The van der Waals surface area contributed by atoms with E-state index in [0.717, 1.165) is 25.9 Å². The van der Waals surface area contributed by atoms with Crippen LogP contribution in [-0.2, 0) is 0 Å². The lowest BCUT2D eigenvalue weighted by Gasteiger charge is -2.32. The van der Waals surface area contributed by atoms with E-state index in [-0.39, 0.29) is 35.7 Å². The molecule has 4 nitrogen and oxygen atoms in total. The molecule has 118 valence electrons. The smallest absolute Gasteiger partial charge is 0.387 e. The van der Waals surface area contributed by atoms with Crippen LogP contribution in [0.5, 0.6) is 5.75 Å². The highest BCUT2D eigenvalue weighted by Gasteiger charge is 2.25. The van der Waals surface area contributed by atoms with Gasteiger partial charge in [0.25, 0.3) is 5.91 Å². The highest BCUT2D eigenvalue weighted by atomic mass is 35.5. The molecule has 0 atom stereocenters. The number of hydrogen-bond acceptors (Lipinski definition) is 3. The van der Waals surface area contributed by atoms with Gasteiger partial charge in [-0.1, -0.05) is 12.1 Å². The van der Waals surface area contributed by atoms with Crippen molar-refractivity contribution >= 4 is 18.3 Å². The van der Waals surface area contributed by atoms with Crippen LogP contribution < -0.4 is 10.1 Å². The molecule has 1 heterocycles. The molecule has 1 N–H and O–H groups in total. The average molecular weight is 321 g/mol. The summed E-state index contributed by atoms with van der Waals surface area (Å²) in [6.07, 6.45) is 1.72. The van der Waals surface area contributed by atoms with E-state index in [4.69, 9.17) is 0 Å². The fourth-order valence-electron chi connectivity index (χ4n) is 2.39. The summed E-state index contributed by atoms with van der Waals surface area (Å²) >= 11 is 0. The minimum absolute atomic E-state index is 0. The first kappa shape index (κ1) is 17.7. The first-order chi connectivity index (χ1) is 9.59. The third-order valence-corrected chi connectivity index (χ3v) is 3.51. The van der Waals surface area contributed by atoms with Crippen molar-refractivity contribution in [2.24, 2.45) is 0 Å². The van der Waals surface area contributed by atoms with Gasteiger partial charge in [0.05, 0.1) is 5.56 Å². The van der Waals surface area contributed by atoms with E-state index < -0.39 is 6.61 Å². The zero-order chi connectivity index (χ0) is 14.5. The molecule has 2 rings (SSSR count). The van der Waals surface area contributed by atoms with E-state index >= 15 is 0 Å². The molecule has 7 heteroatoms. The van der Waals surface area contributed by atoms with E-state index in [1.54, 1.807) is 24.1 Å². The number of rotatable bonds is 4. The molecule has 1 saturated heterocycles. The van der Waals surface area contributed by atoms with Crippen molar-refractivity contribution in [2.75, 3.05) is 20.1 Å². The van der Waals surface area contributed by atoms with Crippen molar-refractivity contribution in [2.45, 2.75) is 25.5 Å². The molecule has 1 aromatic carbocycles. The molecule has 0 radical (unpaired) electrons. The molecule has 0 bridgehead atoms. The number of carbonyl (C=O) groups excluding carboxylic acids is 1. The number of amides is 1. The van der Waals surface area contributed by atoms with Gasteiger partial charge in [0.15, 0.2) is 0 Å². The Morgan fingerprint density at radius 3 is 2.57 bits per heavy atom. The molecule has 1 aliphatic rings. The fraction of sp³-hybridized carbons (Fsp3) is 0.500. The zero-order valence-electron chi connectivity index (χ0n) is 11.7. The van der Waals surface area contributed by atoms with E-state index in [9.17, 15) is 13.6 Å². The molecule has 1 fully saturated rings. The molecule has 0 spiro atoms. The van der Waals surface area contributed by atoms with Gasteiger partial charge in [0.2, 0.25) is 0 Å². The Morgan fingerprint density at radius 2 is 1.95 bits per heavy atom. The molecule has 1 amide bonds. The molecular weight excluding hydrogens is 302 g/mol. The van der Waals surface area contributed by atoms with Crippen molar-refractivity contribution in [1.29, 1.82) is 0 Å². The normalized spacial score (nSPS) is 15.4. The number of halogens is 3. The number of piperidine rings is 1. The summed E-state index contributed by atoms with van der Waals surface area (Å²) in [6, 6.07) is 6.23. The van der Waals surface area contributed by atoms with Gasteiger partial charge in [-0.3, -0.25) is 4.79 Å². The number of alkyl halides is 2. The summed E-state index contributed by atoms with van der Waals surface area (Å²) in [6.45, 7) is -1.22. The number of nitrogens with one attached hydrogen (secondary N) is 1. The average Bonchev–Trinajstić information content (AvgIpc) is 2.46. The second kappa shape index (κ2) is 8.14. The molecule has 0 saturated carbocycles. The summed E-state index contributed by atoms with van der Waals surface area (Å²) < 4.78 is 29.1.